The first kappa shape index (κ1) is 12.7. The lowest BCUT2D eigenvalue weighted by molar-refractivity contribution is 0.0121. The van der Waals surface area contributed by atoms with Crippen LogP contribution in [0.4, 0.5) is 0 Å². The number of H-pyrrole nitrogens is 1. The Balaban J connectivity index is 1.68. The third-order valence-electron chi connectivity index (χ3n) is 4.74. The Morgan fingerprint density at radius 1 is 1.16 bits per heavy atom. The topological polar surface area (TPSA) is 19.0 Å². The number of aromatic amines is 1. The van der Waals surface area contributed by atoms with E-state index in [4.69, 9.17) is 0 Å². The minimum absolute atomic E-state index is 0.829. The van der Waals surface area contributed by atoms with Crippen molar-refractivity contribution in [3.05, 3.63) is 36.0 Å². The van der Waals surface area contributed by atoms with E-state index in [1.165, 1.54) is 42.3 Å². The summed E-state index contributed by atoms with van der Waals surface area (Å²) in [5, 5.41) is 1.39. The first-order valence-corrected chi connectivity index (χ1v) is 7.64. The molecule has 1 fully saturated rings. The first-order chi connectivity index (χ1) is 9.33. The standard InChI is InChI=1S/C17H24N2/c1-3-14-11-15(4-2)19(14)10-9-13-12-18-17-8-6-5-7-16(13)17/h5-8,12,14-15,18H,3-4,9-11H2,1-2H3. The maximum Gasteiger partial charge on any atom is 0.0456 e. The van der Waals surface area contributed by atoms with Crippen molar-refractivity contribution in [1.82, 2.24) is 9.88 Å². The highest BCUT2D eigenvalue weighted by atomic mass is 15.2. The summed E-state index contributed by atoms with van der Waals surface area (Å²) < 4.78 is 0. The minimum Gasteiger partial charge on any atom is -0.361 e. The number of fused-ring (bicyclic) bond motifs is 1. The van der Waals surface area contributed by atoms with Gasteiger partial charge in [0, 0.05) is 35.7 Å². The molecule has 0 bridgehead atoms. The number of para-hydroxylation sites is 1. The van der Waals surface area contributed by atoms with Gasteiger partial charge in [-0.3, -0.25) is 4.90 Å². The first-order valence-electron chi connectivity index (χ1n) is 7.64. The highest BCUT2D eigenvalue weighted by Crippen LogP contribution is 2.30. The summed E-state index contributed by atoms with van der Waals surface area (Å²) in [4.78, 5) is 6.09. The van der Waals surface area contributed by atoms with E-state index < -0.39 is 0 Å². The summed E-state index contributed by atoms with van der Waals surface area (Å²) in [7, 11) is 0. The second-order valence-corrected chi connectivity index (χ2v) is 5.71. The van der Waals surface area contributed by atoms with Gasteiger partial charge in [-0.2, -0.15) is 0 Å². The number of nitrogens with zero attached hydrogens (tertiary/aromatic N) is 1. The monoisotopic (exact) mass is 256 g/mol. The average molecular weight is 256 g/mol. The second kappa shape index (κ2) is 5.38. The number of hydrogen-bond donors (Lipinski definition) is 1. The molecule has 0 amide bonds. The number of nitrogens with one attached hydrogen (secondary N) is 1. The summed E-state index contributed by atoms with van der Waals surface area (Å²) in [6.45, 7) is 5.84. The normalized spacial score (nSPS) is 23.7. The molecule has 19 heavy (non-hydrogen) atoms. The van der Waals surface area contributed by atoms with Crippen LogP contribution in [-0.2, 0) is 6.42 Å². The van der Waals surface area contributed by atoms with Crippen LogP contribution in [0.25, 0.3) is 10.9 Å². The largest absolute Gasteiger partial charge is 0.361 e. The zero-order chi connectivity index (χ0) is 13.2. The van der Waals surface area contributed by atoms with E-state index in [1.807, 2.05) is 0 Å². The van der Waals surface area contributed by atoms with Gasteiger partial charge in [0.25, 0.3) is 0 Å². The summed E-state index contributed by atoms with van der Waals surface area (Å²) in [6, 6.07) is 10.3. The zero-order valence-corrected chi connectivity index (χ0v) is 12.0. The summed E-state index contributed by atoms with van der Waals surface area (Å²) in [5.41, 5.74) is 2.73. The second-order valence-electron chi connectivity index (χ2n) is 5.71. The predicted octanol–water partition coefficient (Wildman–Crippen LogP) is 3.97. The Labute approximate surface area is 115 Å². The number of aromatic nitrogens is 1. The van der Waals surface area contributed by atoms with E-state index in [1.54, 1.807) is 0 Å². The van der Waals surface area contributed by atoms with Gasteiger partial charge < -0.3 is 4.98 Å². The number of hydrogen-bond acceptors (Lipinski definition) is 1. The number of likely N-dealkylation sites (tertiary alicyclic amines) is 1. The molecular formula is C17H24N2. The highest BCUT2D eigenvalue weighted by molar-refractivity contribution is 5.83. The lowest BCUT2D eigenvalue weighted by atomic mass is 9.88. The maximum atomic E-state index is 3.38. The fraction of sp³-hybridized carbons (Fsp3) is 0.529. The molecule has 1 saturated heterocycles. The Bertz CT molecular complexity index is 533. The molecule has 1 aromatic heterocycles. The van der Waals surface area contributed by atoms with Crippen molar-refractivity contribution in [1.29, 1.82) is 0 Å². The van der Waals surface area contributed by atoms with Crippen LogP contribution in [0.3, 0.4) is 0 Å². The van der Waals surface area contributed by atoms with Gasteiger partial charge in [0.2, 0.25) is 0 Å². The molecule has 1 aliphatic heterocycles. The average Bonchev–Trinajstić information content (AvgIpc) is 2.82. The molecule has 2 atom stereocenters. The number of rotatable bonds is 5. The molecule has 102 valence electrons. The van der Waals surface area contributed by atoms with Gasteiger partial charge in [0.1, 0.15) is 0 Å². The van der Waals surface area contributed by atoms with Crippen LogP contribution in [0.2, 0.25) is 0 Å². The van der Waals surface area contributed by atoms with Crippen molar-refractivity contribution >= 4 is 10.9 Å². The van der Waals surface area contributed by atoms with Crippen LogP contribution in [-0.4, -0.2) is 28.5 Å². The molecule has 2 unspecified atom stereocenters. The zero-order valence-electron chi connectivity index (χ0n) is 12.0. The van der Waals surface area contributed by atoms with Crippen LogP contribution >= 0.6 is 0 Å². The third kappa shape index (κ3) is 2.30. The molecule has 0 spiro atoms. The quantitative estimate of drug-likeness (QED) is 0.857. The summed E-state index contributed by atoms with van der Waals surface area (Å²) in [5.74, 6) is 0. The van der Waals surface area contributed by atoms with E-state index in [9.17, 15) is 0 Å². The van der Waals surface area contributed by atoms with Gasteiger partial charge in [-0.1, -0.05) is 32.0 Å². The maximum absolute atomic E-state index is 3.38. The molecule has 2 heteroatoms. The van der Waals surface area contributed by atoms with Gasteiger partial charge in [0.15, 0.2) is 0 Å². The van der Waals surface area contributed by atoms with Crippen LogP contribution in [0.5, 0.6) is 0 Å². The third-order valence-corrected chi connectivity index (χ3v) is 4.74. The molecule has 0 aliphatic carbocycles. The molecule has 2 nitrogen and oxygen atoms in total. The van der Waals surface area contributed by atoms with E-state index >= 15 is 0 Å². The van der Waals surface area contributed by atoms with Crippen LogP contribution in [0.15, 0.2) is 30.5 Å². The molecule has 3 rings (SSSR count). The Morgan fingerprint density at radius 3 is 2.63 bits per heavy atom. The Kier molecular flexibility index (Phi) is 3.61. The van der Waals surface area contributed by atoms with Crippen molar-refractivity contribution in [3.8, 4) is 0 Å². The molecule has 2 heterocycles. The molecule has 2 aromatic rings. The van der Waals surface area contributed by atoms with Crippen LogP contribution in [0.1, 0.15) is 38.7 Å². The highest BCUT2D eigenvalue weighted by Gasteiger charge is 2.34. The lowest BCUT2D eigenvalue weighted by Gasteiger charge is -2.48. The van der Waals surface area contributed by atoms with Crippen molar-refractivity contribution in [2.75, 3.05) is 6.54 Å². The van der Waals surface area contributed by atoms with Gasteiger partial charge in [0.05, 0.1) is 0 Å². The van der Waals surface area contributed by atoms with Crippen LogP contribution in [0, 0.1) is 0 Å². The molecule has 0 saturated carbocycles. The lowest BCUT2D eigenvalue weighted by Crippen LogP contribution is -2.55. The molecular weight excluding hydrogens is 232 g/mol. The summed E-state index contributed by atoms with van der Waals surface area (Å²) >= 11 is 0. The molecule has 1 aromatic carbocycles. The van der Waals surface area contributed by atoms with Crippen LogP contribution < -0.4 is 0 Å². The van der Waals surface area contributed by atoms with Crippen molar-refractivity contribution in [3.63, 3.8) is 0 Å². The molecule has 1 aliphatic rings. The van der Waals surface area contributed by atoms with Gasteiger partial charge >= 0.3 is 0 Å². The smallest absolute Gasteiger partial charge is 0.0456 e. The Morgan fingerprint density at radius 2 is 1.89 bits per heavy atom. The SMILES string of the molecule is CCC1CC(CC)N1CCc1c[nH]c2ccccc12. The minimum atomic E-state index is 0.829. The van der Waals surface area contributed by atoms with Crippen molar-refractivity contribution in [2.45, 2.75) is 51.6 Å². The van der Waals surface area contributed by atoms with E-state index in [-0.39, 0.29) is 0 Å². The summed E-state index contributed by atoms with van der Waals surface area (Å²) in [6.07, 6.45) is 7.35. The number of benzene rings is 1. The van der Waals surface area contributed by atoms with Crippen molar-refractivity contribution in [2.24, 2.45) is 0 Å². The predicted molar refractivity (Wildman–Crippen MR) is 81.5 cm³/mol. The van der Waals surface area contributed by atoms with Gasteiger partial charge in [-0.05, 0) is 37.3 Å². The van der Waals surface area contributed by atoms with Gasteiger partial charge in [-0.25, -0.2) is 0 Å². The molecule has 0 radical (unpaired) electrons. The van der Waals surface area contributed by atoms with Gasteiger partial charge in [-0.15, -0.1) is 0 Å². The van der Waals surface area contributed by atoms with E-state index in [2.05, 4.69) is 54.2 Å². The fourth-order valence-electron chi connectivity index (χ4n) is 3.50. The fourth-order valence-corrected chi connectivity index (χ4v) is 3.50. The Hall–Kier alpha value is -1.28. The van der Waals surface area contributed by atoms with E-state index in [0.29, 0.717) is 0 Å². The molecule has 1 N–H and O–H groups in total. The van der Waals surface area contributed by atoms with E-state index in [0.717, 1.165) is 18.5 Å². The van der Waals surface area contributed by atoms with Crippen molar-refractivity contribution < 1.29 is 0 Å².